The Labute approximate surface area is 127 Å². The van der Waals surface area contributed by atoms with Crippen molar-refractivity contribution in [3.05, 3.63) is 10.6 Å². The molecule has 1 aromatic heterocycles. The number of aromatic carboxylic acids is 1. The van der Waals surface area contributed by atoms with E-state index in [2.05, 4.69) is 24.1 Å². The second-order valence-corrected chi connectivity index (χ2v) is 6.76. The van der Waals surface area contributed by atoms with Crippen molar-refractivity contribution in [3.63, 3.8) is 0 Å². The summed E-state index contributed by atoms with van der Waals surface area (Å²) in [7, 11) is 0. The highest BCUT2D eigenvalue weighted by Crippen LogP contribution is 2.44. The lowest BCUT2D eigenvalue weighted by Crippen LogP contribution is -2.58. The fourth-order valence-electron chi connectivity index (χ4n) is 2.53. The highest BCUT2D eigenvalue weighted by atomic mass is 32.1. The van der Waals surface area contributed by atoms with Gasteiger partial charge in [0, 0.05) is 25.0 Å². The van der Waals surface area contributed by atoms with E-state index in [4.69, 9.17) is 9.84 Å². The van der Waals surface area contributed by atoms with Gasteiger partial charge in [0.2, 0.25) is 0 Å². The summed E-state index contributed by atoms with van der Waals surface area (Å²) in [5.41, 5.74) is -0.227. The molecule has 7 heteroatoms. The van der Waals surface area contributed by atoms with Crippen LogP contribution in [0.1, 0.15) is 54.3 Å². The Hall–Kier alpha value is -1.47. The molecule has 1 aromatic rings. The van der Waals surface area contributed by atoms with Crippen LogP contribution in [0.5, 0.6) is 0 Å². The number of nitrogens with zero attached hydrogens (tertiary/aromatic N) is 1. The van der Waals surface area contributed by atoms with Gasteiger partial charge in [-0.25, -0.2) is 9.78 Å². The number of ether oxygens (including phenoxy) is 1. The van der Waals surface area contributed by atoms with Crippen LogP contribution in [0.3, 0.4) is 0 Å². The molecule has 2 rings (SSSR count). The number of carbonyl (C=O) groups is 2. The number of carbonyl (C=O) groups excluding carboxylic acids is 1. The van der Waals surface area contributed by atoms with Crippen molar-refractivity contribution in [3.8, 4) is 0 Å². The van der Waals surface area contributed by atoms with Crippen LogP contribution in [-0.2, 0) is 4.74 Å². The summed E-state index contributed by atoms with van der Waals surface area (Å²) >= 11 is 1.10. The van der Waals surface area contributed by atoms with Gasteiger partial charge in [0.05, 0.1) is 6.10 Å². The smallest absolute Gasteiger partial charge is 0.356 e. The van der Waals surface area contributed by atoms with Gasteiger partial charge in [-0.15, -0.1) is 0 Å². The van der Waals surface area contributed by atoms with Gasteiger partial charge in [0.25, 0.3) is 0 Å². The normalized spacial score (nSPS) is 23.4. The maximum Gasteiger partial charge on any atom is 0.356 e. The molecule has 116 valence electrons. The standard InChI is InChI=1S/C14H20N2O4S/c1-5-20-9-6-8(14(9,3)4)15-13-16-10(12(18)19)11(21-13)7(2)17/h8-9H,5-6H2,1-4H3,(H,15,16)(H,18,19). The third kappa shape index (κ3) is 2.94. The number of nitrogens with one attached hydrogen (secondary N) is 1. The molecule has 1 fully saturated rings. The van der Waals surface area contributed by atoms with E-state index >= 15 is 0 Å². The third-order valence-corrected chi connectivity index (χ3v) is 5.08. The Morgan fingerprint density at radius 1 is 1.52 bits per heavy atom. The summed E-state index contributed by atoms with van der Waals surface area (Å²) < 4.78 is 5.66. The van der Waals surface area contributed by atoms with Gasteiger partial charge < -0.3 is 15.2 Å². The minimum absolute atomic E-state index is 0.0541. The molecule has 0 amide bonds. The number of rotatable bonds is 6. The van der Waals surface area contributed by atoms with E-state index < -0.39 is 5.97 Å². The molecule has 1 saturated carbocycles. The third-order valence-electron chi connectivity index (χ3n) is 3.99. The zero-order valence-corrected chi connectivity index (χ0v) is 13.4. The van der Waals surface area contributed by atoms with Gasteiger partial charge in [-0.3, -0.25) is 4.79 Å². The molecule has 2 atom stereocenters. The molecule has 0 aliphatic heterocycles. The van der Waals surface area contributed by atoms with Crippen molar-refractivity contribution in [2.45, 2.75) is 46.3 Å². The lowest BCUT2D eigenvalue weighted by molar-refractivity contribution is -0.0976. The van der Waals surface area contributed by atoms with Crippen LogP contribution in [0.4, 0.5) is 5.13 Å². The summed E-state index contributed by atoms with van der Waals surface area (Å²) in [6.45, 7) is 8.20. The summed E-state index contributed by atoms with van der Waals surface area (Å²) in [4.78, 5) is 26.8. The summed E-state index contributed by atoms with van der Waals surface area (Å²) in [6.07, 6.45) is 1.03. The van der Waals surface area contributed by atoms with Crippen molar-refractivity contribution < 1.29 is 19.4 Å². The van der Waals surface area contributed by atoms with Gasteiger partial charge in [-0.2, -0.15) is 0 Å². The number of carboxylic acids is 1. The monoisotopic (exact) mass is 312 g/mol. The molecule has 1 aliphatic rings. The number of thiazole rings is 1. The van der Waals surface area contributed by atoms with E-state index in [-0.39, 0.29) is 33.9 Å². The Bertz CT molecular complexity index is 536. The van der Waals surface area contributed by atoms with E-state index in [0.29, 0.717) is 11.7 Å². The topological polar surface area (TPSA) is 88.5 Å². The van der Waals surface area contributed by atoms with Crippen LogP contribution in [0.15, 0.2) is 0 Å². The van der Waals surface area contributed by atoms with Crippen LogP contribution in [0, 0.1) is 5.41 Å². The van der Waals surface area contributed by atoms with E-state index in [9.17, 15) is 9.59 Å². The molecule has 0 bridgehead atoms. The van der Waals surface area contributed by atoms with Crippen molar-refractivity contribution in [1.82, 2.24) is 4.98 Å². The highest BCUT2D eigenvalue weighted by molar-refractivity contribution is 7.17. The summed E-state index contributed by atoms with van der Waals surface area (Å²) in [5, 5.41) is 12.8. The molecule has 0 aromatic carbocycles. The number of Topliss-reactive ketones (excluding diaryl/α,β-unsaturated/α-hetero) is 1. The van der Waals surface area contributed by atoms with Gasteiger partial charge in [0.15, 0.2) is 16.6 Å². The predicted molar refractivity (Wildman–Crippen MR) is 80.3 cm³/mol. The second kappa shape index (κ2) is 5.73. The van der Waals surface area contributed by atoms with Crippen molar-refractivity contribution in [2.24, 2.45) is 5.41 Å². The first-order chi connectivity index (χ1) is 9.77. The molecule has 21 heavy (non-hydrogen) atoms. The number of hydrogen-bond donors (Lipinski definition) is 2. The molecular formula is C14H20N2O4S. The zero-order valence-electron chi connectivity index (χ0n) is 12.6. The second-order valence-electron chi connectivity index (χ2n) is 5.76. The van der Waals surface area contributed by atoms with Crippen LogP contribution >= 0.6 is 11.3 Å². The summed E-state index contributed by atoms with van der Waals surface area (Å²) in [5.74, 6) is -1.46. The molecule has 1 heterocycles. The molecule has 0 spiro atoms. The van der Waals surface area contributed by atoms with E-state index in [1.54, 1.807) is 0 Å². The Morgan fingerprint density at radius 3 is 2.62 bits per heavy atom. The maximum atomic E-state index is 11.5. The molecule has 6 nitrogen and oxygen atoms in total. The SMILES string of the molecule is CCOC1CC(Nc2nc(C(=O)O)c(C(C)=O)s2)C1(C)C. The molecule has 0 saturated heterocycles. The fraction of sp³-hybridized carbons (Fsp3) is 0.643. The van der Waals surface area contributed by atoms with Gasteiger partial charge in [0.1, 0.15) is 4.88 Å². The summed E-state index contributed by atoms with van der Waals surface area (Å²) in [6, 6.07) is 0.154. The van der Waals surface area contributed by atoms with Crippen LogP contribution < -0.4 is 5.32 Å². The first-order valence-electron chi connectivity index (χ1n) is 6.90. The first-order valence-corrected chi connectivity index (χ1v) is 7.72. The average molecular weight is 312 g/mol. The minimum Gasteiger partial charge on any atom is -0.476 e. The first kappa shape index (κ1) is 15.9. The van der Waals surface area contributed by atoms with E-state index in [1.165, 1.54) is 6.92 Å². The number of ketones is 1. The maximum absolute atomic E-state index is 11.5. The number of hydrogen-bond acceptors (Lipinski definition) is 6. The Kier molecular flexibility index (Phi) is 4.34. The van der Waals surface area contributed by atoms with Crippen LogP contribution in [0.2, 0.25) is 0 Å². The van der Waals surface area contributed by atoms with E-state index in [1.807, 2.05) is 6.92 Å². The Morgan fingerprint density at radius 2 is 2.19 bits per heavy atom. The lowest BCUT2D eigenvalue weighted by Gasteiger charge is -2.51. The number of carboxylic acid groups (broad SMARTS) is 1. The molecule has 2 unspecified atom stereocenters. The van der Waals surface area contributed by atoms with Crippen molar-refractivity contribution in [2.75, 3.05) is 11.9 Å². The average Bonchev–Trinajstić information content (AvgIpc) is 2.82. The van der Waals surface area contributed by atoms with Crippen LogP contribution in [0.25, 0.3) is 0 Å². The number of aromatic nitrogens is 1. The minimum atomic E-state index is -1.18. The Balaban J connectivity index is 2.13. The van der Waals surface area contributed by atoms with Crippen molar-refractivity contribution >= 4 is 28.2 Å². The quantitative estimate of drug-likeness (QED) is 0.785. The van der Waals surface area contributed by atoms with Crippen LogP contribution in [-0.4, -0.2) is 40.6 Å². The number of anilines is 1. The largest absolute Gasteiger partial charge is 0.476 e. The molecule has 0 radical (unpaired) electrons. The molecule has 2 N–H and O–H groups in total. The molecule has 1 aliphatic carbocycles. The molecular weight excluding hydrogens is 292 g/mol. The van der Waals surface area contributed by atoms with Gasteiger partial charge in [-0.05, 0) is 13.3 Å². The van der Waals surface area contributed by atoms with Crippen molar-refractivity contribution in [1.29, 1.82) is 0 Å². The zero-order chi connectivity index (χ0) is 15.8. The van der Waals surface area contributed by atoms with Gasteiger partial charge >= 0.3 is 5.97 Å². The van der Waals surface area contributed by atoms with Gasteiger partial charge in [-0.1, -0.05) is 25.2 Å². The highest BCUT2D eigenvalue weighted by Gasteiger charge is 2.49. The van der Waals surface area contributed by atoms with E-state index in [0.717, 1.165) is 17.8 Å². The fourth-order valence-corrected chi connectivity index (χ4v) is 3.43. The predicted octanol–water partition coefficient (Wildman–Crippen LogP) is 2.66. The lowest BCUT2D eigenvalue weighted by atomic mass is 9.64.